The van der Waals surface area contributed by atoms with E-state index in [0.717, 1.165) is 38.5 Å². The molecule has 2 aliphatic carbocycles. The molecule has 3 heteroatoms. The average molecular weight is 244 g/mol. The van der Waals surface area contributed by atoms with E-state index in [1.54, 1.807) is 0 Å². The summed E-state index contributed by atoms with van der Waals surface area (Å²) in [6, 6.07) is 0.221. The zero-order valence-corrected chi connectivity index (χ0v) is 10.9. The van der Waals surface area contributed by atoms with E-state index in [1.165, 1.54) is 12.8 Å². The minimum atomic E-state index is -0.0702. The summed E-state index contributed by atoms with van der Waals surface area (Å²) >= 11 is 6.20. The molecular weight excluding hydrogens is 222 g/mol. The fraction of sp³-hybridized carbons (Fsp3) is 0.923. The Bertz CT molecular complexity index is 261. The number of hydrogen-bond donors (Lipinski definition) is 1. The van der Waals surface area contributed by atoms with Gasteiger partial charge < -0.3 is 5.32 Å². The van der Waals surface area contributed by atoms with Crippen LogP contribution in [0.4, 0.5) is 0 Å². The van der Waals surface area contributed by atoms with Crippen molar-refractivity contribution in [2.45, 2.75) is 69.7 Å². The topological polar surface area (TPSA) is 29.1 Å². The molecule has 0 aliphatic heterocycles. The molecule has 0 heterocycles. The van der Waals surface area contributed by atoms with Crippen molar-refractivity contribution in [2.24, 2.45) is 5.41 Å². The van der Waals surface area contributed by atoms with Gasteiger partial charge in [0, 0.05) is 11.5 Å². The lowest BCUT2D eigenvalue weighted by molar-refractivity contribution is -0.131. The Morgan fingerprint density at radius 3 is 2.50 bits per heavy atom. The van der Waals surface area contributed by atoms with Gasteiger partial charge in [-0.1, -0.05) is 19.8 Å². The smallest absolute Gasteiger partial charge is 0.226 e. The summed E-state index contributed by atoms with van der Waals surface area (Å²) < 4.78 is 0. The molecular formula is C13H22ClNO. The molecule has 92 valence electrons. The van der Waals surface area contributed by atoms with Gasteiger partial charge in [0.2, 0.25) is 5.91 Å². The van der Waals surface area contributed by atoms with E-state index in [4.69, 9.17) is 11.6 Å². The SMILES string of the molecule is CCC1(C(=O)NC2CCCC2Cl)CCCC1. The monoisotopic (exact) mass is 243 g/mol. The van der Waals surface area contributed by atoms with Crippen LogP contribution in [0.3, 0.4) is 0 Å². The minimum absolute atomic E-state index is 0.0702. The lowest BCUT2D eigenvalue weighted by atomic mass is 9.82. The summed E-state index contributed by atoms with van der Waals surface area (Å²) in [5.74, 6) is 0.269. The van der Waals surface area contributed by atoms with Crippen LogP contribution in [-0.2, 0) is 4.79 Å². The summed E-state index contributed by atoms with van der Waals surface area (Å²) in [4.78, 5) is 12.3. The Hall–Kier alpha value is -0.240. The van der Waals surface area contributed by atoms with Gasteiger partial charge in [-0.05, 0) is 38.5 Å². The molecule has 0 spiro atoms. The highest BCUT2D eigenvalue weighted by Crippen LogP contribution is 2.41. The van der Waals surface area contributed by atoms with Crippen LogP contribution in [0.25, 0.3) is 0 Å². The zero-order valence-electron chi connectivity index (χ0n) is 10.1. The molecule has 0 aromatic rings. The number of amides is 1. The summed E-state index contributed by atoms with van der Waals surface area (Å²) in [7, 11) is 0. The molecule has 2 atom stereocenters. The second kappa shape index (κ2) is 4.95. The van der Waals surface area contributed by atoms with E-state index >= 15 is 0 Å². The number of halogens is 1. The van der Waals surface area contributed by atoms with Crippen LogP contribution in [0, 0.1) is 5.41 Å². The van der Waals surface area contributed by atoms with Crippen LogP contribution in [0.5, 0.6) is 0 Å². The molecule has 0 radical (unpaired) electrons. The number of hydrogen-bond acceptors (Lipinski definition) is 1. The van der Waals surface area contributed by atoms with Gasteiger partial charge in [0.05, 0.1) is 5.38 Å². The lowest BCUT2D eigenvalue weighted by Gasteiger charge is -2.28. The van der Waals surface area contributed by atoms with Crippen LogP contribution < -0.4 is 5.32 Å². The molecule has 2 aliphatic rings. The predicted octanol–water partition coefficient (Wildman–Crippen LogP) is 3.23. The molecule has 0 bridgehead atoms. The molecule has 0 aromatic carbocycles. The Kier molecular flexibility index (Phi) is 3.78. The molecule has 2 fully saturated rings. The highest BCUT2D eigenvalue weighted by atomic mass is 35.5. The van der Waals surface area contributed by atoms with Gasteiger partial charge in [-0.3, -0.25) is 4.79 Å². The summed E-state index contributed by atoms with van der Waals surface area (Å²) in [5, 5.41) is 3.34. The number of alkyl halides is 1. The van der Waals surface area contributed by atoms with Crippen LogP contribution in [0.1, 0.15) is 58.3 Å². The number of rotatable bonds is 3. The van der Waals surface area contributed by atoms with Crippen LogP contribution in [-0.4, -0.2) is 17.3 Å². The molecule has 2 nitrogen and oxygen atoms in total. The van der Waals surface area contributed by atoms with E-state index in [1.807, 2.05) is 0 Å². The van der Waals surface area contributed by atoms with Crippen molar-refractivity contribution in [3.05, 3.63) is 0 Å². The Balaban J connectivity index is 1.96. The second-order valence-electron chi connectivity index (χ2n) is 5.37. The molecule has 0 saturated heterocycles. The first-order chi connectivity index (χ1) is 7.68. The molecule has 16 heavy (non-hydrogen) atoms. The summed E-state index contributed by atoms with van der Waals surface area (Å²) in [6.07, 6.45) is 8.76. The predicted molar refractivity (Wildman–Crippen MR) is 66.6 cm³/mol. The Labute approximate surface area is 103 Å². The van der Waals surface area contributed by atoms with Crippen molar-refractivity contribution in [2.75, 3.05) is 0 Å². The third-order valence-electron chi connectivity index (χ3n) is 4.47. The highest BCUT2D eigenvalue weighted by molar-refractivity contribution is 6.21. The second-order valence-corrected chi connectivity index (χ2v) is 5.93. The molecule has 0 aromatic heterocycles. The lowest BCUT2D eigenvalue weighted by Crippen LogP contribution is -2.45. The van der Waals surface area contributed by atoms with E-state index in [9.17, 15) is 4.79 Å². The quantitative estimate of drug-likeness (QED) is 0.758. The van der Waals surface area contributed by atoms with Crippen molar-refractivity contribution in [3.63, 3.8) is 0 Å². The van der Waals surface area contributed by atoms with Crippen molar-refractivity contribution in [3.8, 4) is 0 Å². The Morgan fingerprint density at radius 1 is 1.31 bits per heavy atom. The first-order valence-corrected chi connectivity index (χ1v) is 7.07. The Morgan fingerprint density at radius 2 is 2.00 bits per heavy atom. The van der Waals surface area contributed by atoms with Gasteiger partial charge in [0.1, 0.15) is 0 Å². The average Bonchev–Trinajstić information content (AvgIpc) is 2.89. The summed E-state index contributed by atoms with van der Waals surface area (Å²) in [5.41, 5.74) is -0.0702. The normalized spacial score (nSPS) is 32.9. The van der Waals surface area contributed by atoms with E-state index < -0.39 is 0 Å². The zero-order chi connectivity index (χ0) is 11.6. The molecule has 2 rings (SSSR count). The van der Waals surface area contributed by atoms with Crippen molar-refractivity contribution in [1.29, 1.82) is 0 Å². The maximum Gasteiger partial charge on any atom is 0.226 e. The van der Waals surface area contributed by atoms with Gasteiger partial charge in [-0.15, -0.1) is 11.6 Å². The first kappa shape index (κ1) is 12.2. The first-order valence-electron chi connectivity index (χ1n) is 6.63. The molecule has 2 saturated carbocycles. The van der Waals surface area contributed by atoms with E-state index in [2.05, 4.69) is 12.2 Å². The molecule has 1 amide bonds. The number of nitrogens with one attached hydrogen (secondary N) is 1. The van der Waals surface area contributed by atoms with Gasteiger partial charge in [0.25, 0.3) is 0 Å². The van der Waals surface area contributed by atoms with E-state index in [0.29, 0.717) is 0 Å². The van der Waals surface area contributed by atoms with Crippen molar-refractivity contribution >= 4 is 17.5 Å². The van der Waals surface area contributed by atoms with Crippen LogP contribution in [0.15, 0.2) is 0 Å². The summed E-state index contributed by atoms with van der Waals surface area (Å²) in [6.45, 7) is 2.14. The molecule has 2 unspecified atom stereocenters. The standard InChI is InChI=1S/C13H22ClNO/c1-2-13(8-3-4-9-13)12(16)15-11-7-5-6-10(11)14/h10-11H,2-9H2,1H3,(H,15,16). The minimum Gasteiger partial charge on any atom is -0.351 e. The number of carbonyl (C=O) groups is 1. The third kappa shape index (κ3) is 2.22. The number of carbonyl (C=O) groups excluding carboxylic acids is 1. The van der Waals surface area contributed by atoms with Crippen LogP contribution >= 0.6 is 11.6 Å². The maximum atomic E-state index is 12.3. The van der Waals surface area contributed by atoms with Crippen molar-refractivity contribution in [1.82, 2.24) is 5.32 Å². The largest absolute Gasteiger partial charge is 0.351 e. The fourth-order valence-electron chi connectivity index (χ4n) is 3.19. The van der Waals surface area contributed by atoms with Gasteiger partial charge in [-0.2, -0.15) is 0 Å². The van der Waals surface area contributed by atoms with E-state index in [-0.39, 0.29) is 22.7 Å². The third-order valence-corrected chi connectivity index (χ3v) is 4.99. The highest BCUT2D eigenvalue weighted by Gasteiger charge is 2.41. The fourth-order valence-corrected chi connectivity index (χ4v) is 3.54. The maximum absolute atomic E-state index is 12.3. The van der Waals surface area contributed by atoms with Crippen LogP contribution in [0.2, 0.25) is 0 Å². The van der Waals surface area contributed by atoms with Gasteiger partial charge in [-0.25, -0.2) is 0 Å². The van der Waals surface area contributed by atoms with Gasteiger partial charge >= 0.3 is 0 Å². The van der Waals surface area contributed by atoms with Crippen molar-refractivity contribution < 1.29 is 4.79 Å². The molecule has 1 N–H and O–H groups in total. The van der Waals surface area contributed by atoms with Gasteiger partial charge in [0.15, 0.2) is 0 Å².